The van der Waals surface area contributed by atoms with Crippen molar-refractivity contribution in [1.29, 1.82) is 0 Å². The van der Waals surface area contributed by atoms with Crippen molar-refractivity contribution >= 4 is 5.97 Å². The van der Waals surface area contributed by atoms with Crippen LogP contribution in [0.3, 0.4) is 0 Å². The normalized spacial score (nSPS) is 31.6. The Morgan fingerprint density at radius 3 is 2.75 bits per heavy atom. The highest BCUT2D eigenvalue weighted by Crippen LogP contribution is 2.22. The van der Waals surface area contributed by atoms with Gasteiger partial charge < -0.3 is 4.74 Å². The van der Waals surface area contributed by atoms with Crippen molar-refractivity contribution in [1.82, 2.24) is 4.90 Å². The van der Waals surface area contributed by atoms with Crippen LogP contribution in [0.1, 0.15) is 19.8 Å². The summed E-state index contributed by atoms with van der Waals surface area (Å²) in [5, 5.41) is 0. The van der Waals surface area contributed by atoms with Gasteiger partial charge in [0.15, 0.2) is 0 Å². The third-order valence-electron chi connectivity index (χ3n) is 2.63. The van der Waals surface area contributed by atoms with Crippen LogP contribution in [0.15, 0.2) is 0 Å². The summed E-state index contributed by atoms with van der Waals surface area (Å²) in [6.07, 6.45) is 2.31. The van der Waals surface area contributed by atoms with Crippen LogP contribution in [0.4, 0.5) is 0 Å². The zero-order chi connectivity index (χ0) is 9.14. The molecule has 0 saturated carbocycles. The third kappa shape index (κ3) is 1.78. The number of piperidine rings is 1. The Morgan fingerprint density at radius 2 is 2.25 bits per heavy atom. The molecule has 1 saturated heterocycles. The average molecular weight is 171 g/mol. The van der Waals surface area contributed by atoms with Gasteiger partial charge >= 0.3 is 5.97 Å². The second kappa shape index (κ2) is 3.90. The topological polar surface area (TPSA) is 29.5 Å². The molecule has 1 rings (SSSR count). The maximum Gasteiger partial charge on any atom is 0.323 e. The van der Waals surface area contributed by atoms with E-state index in [4.69, 9.17) is 4.74 Å². The van der Waals surface area contributed by atoms with Gasteiger partial charge in [0.1, 0.15) is 6.04 Å². The predicted octanol–water partition coefficient (Wildman–Crippen LogP) is 0.890. The van der Waals surface area contributed by atoms with E-state index in [1.54, 1.807) is 0 Å². The zero-order valence-electron chi connectivity index (χ0n) is 8.04. The first-order valence-electron chi connectivity index (χ1n) is 4.45. The molecule has 0 spiro atoms. The molecule has 3 heteroatoms. The number of nitrogens with zero attached hydrogens (tertiary/aromatic N) is 1. The summed E-state index contributed by atoms with van der Waals surface area (Å²) in [6, 6.07) is -0.0243. The van der Waals surface area contributed by atoms with Crippen molar-refractivity contribution in [2.24, 2.45) is 5.92 Å². The fourth-order valence-corrected chi connectivity index (χ4v) is 1.93. The second-order valence-electron chi connectivity index (χ2n) is 3.57. The number of esters is 1. The highest BCUT2D eigenvalue weighted by Gasteiger charge is 2.32. The first kappa shape index (κ1) is 9.52. The van der Waals surface area contributed by atoms with E-state index in [0.29, 0.717) is 5.92 Å². The lowest BCUT2D eigenvalue weighted by molar-refractivity contribution is -0.149. The summed E-state index contributed by atoms with van der Waals surface area (Å²) in [7, 11) is 3.44. The third-order valence-corrected chi connectivity index (χ3v) is 2.63. The number of rotatable bonds is 1. The number of methoxy groups -OCH3 is 1. The highest BCUT2D eigenvalue weighted by atomic mass is 16.5. The van der Waals surface area contributed by atoms with E-state index >= 15 is 0 Å². The van der Waals surface area contributed by atoms with E-state index in [-0.39, 0.29) is 12.0 Å². The molecule has 0 aromatic rings. The number of ether oxygens (including phenoxy) is 1. The number of carbonyl (C=O) groups is 1. The lowest BCUT2D eigenvalue weighted by atomic mass is 9.91. The number of likely N-dealkylation sites (tertiary alicyclic amines) is 1. The lowest BCUT2D eigenvalue weighted by Gasteiger charge is -2.35. The van der Waals surface area contributed by atoms with Crippen molar-refractivity contribution in [2.45, 2.75) is 25.8 Å². The summed E-state index contributed by atoms with van der Waals surface area (Å²) in [5.41, 5.74) is 0. The van der Waals surface area contributed by atoms with Crippen molar-refractivity contribution in [3.05, 3.63) is 0 Å². The van der Waals surface area contributed by atoms with Gasteiger partial charge in [0.05, 0.1) is 7.11 Å². The number of hydrogen-bond donors (Lipinski definition) is 0. The van der Waals surface area contributed by atoms with Crippen LogP contribution in [0.25, 0.3) is 0 Å². The Bertz CT molecular complexity index is 160. The van der Waals surface area contributed by atoms with E-state index in [2.05, 4.69) is 11.8 Å². The van der Waals surface area contributed by atoms with Crippen LogP contribution in [-0.2, 0) is 9.53 Å². The van der Waals surface area contributed by atoms with Crippen molar-refractivity contribution in [3.8, 4) is 0 Å². The molecular formula is C9H17NO2. The van der Waals surface area contributed by atoms with Crippen LogP contribution < -0.4 is 0 Å². The predicted molar refractivity (Wildman–Crippen MR) is 46.8 cm³/mol. The molecule has 70 valence electrons. The van der Waals surface area contributed by atoms with Crippen molar-refractivity contribution in [3.63, 3.8) is 0 Å². The molecule has 0 aromatic carbocycles. The van der Waals surface area contributed by atoms with Crippen LogP contribution in [-0.4, -0.2) is 37.6 Å². The van der Waals surface area contributed by atoms with E-state index < -0.39 is 0 Å². The molecule has 0 radical (unpaired) electrons. The Hall–Kier alpha value is -0.570. The van der Waals surface area contributed by atoms with Gasteiger partial charge in [-0.1, -0.05) is 6.92 Å². The van der Waals surface area contributed by atoms with E-state index in [9.17, 15) is 4.79 Å². The molecule has 1 aliphatic rings. The van der Waals surface area contributed by atoms with Gasteiger partial charge in [-0.15, -0.1) is 0 Å². The standard InChI is InChI=1S/C9H17NO2/c1-7-5-4-6-10(2)8(7)9(11)12-3/h7-8H,4-6H2,1-3H3. The number of hydrogen-bond acceptors (Lipinski definition) is 3. The maximum atomic E-state index is 11.3. The van der Waals surface area contributed by atoms with Gasteiger partial charge in [0, 0.05) is 0 Å². The summed E-state index contributed by atoms with van der Waals surface area (Å²) in [6.45, 7) is 3.11. The summed E-state index contributed by atoms with van der Waals surface area (Å²) in [4.78, 5) is 13.4. The van der Waals surface area contributed by atoms with E-state index in [0.717, 1.165) is 13.0 Å². The molecule has 2 unspecified atom stereocenters. The minimum Gasteiger partial charge on any atom is -0.468 e. The Kier molecular flexibility index (Phi) is 3.09. The van der Waals surface area contributed by atoms with Crippen LogP contribution >= 0.6 is 0 Å². The molecule has 3 nitrogen and oxygen atoms in total. The molecule has 1 aliphatic heterocycles. The van der Waals surface area contributed by atoms with Gasteiger partial charge in [-0.25, -0.2) is 0 Å². The molecule has 12 heavy (non-hydrogen) atoms. The molecule has 0 amide bonds. The SMILES string of the molecule is COC(=O)C1C(C)CCCN1C. The average Bonchev–Trinajstić information content (AvgIpc) is 2.03. The van der Waals surface area contributed by atoms with Gasteiger partial charge in [-0.05, 0) is 32.4 Å². The Labute approximate surface area is 73.7 Å². The second-order valence-corrected chi connectivity index (χ2v) is 3.57. The number of likely N-dealkylation sites (N-methyl/N-ethyl adjacent to an activating group) is 1. The minimum absolute atomic E-state index is 0.0243. The molecule has 2 atom stereocenters. The lowest BCUT2D eigenvalue weighted by Crippen LogP contribution is -2.47. The van der Waals surface area contributed by atoms with Gasteiger partial charge in [0.25, 0.3) is 0 Å². The van der Waals surface area contributed by atoms with Crippen LogP contribution in [0.2, 0.25) is 0 Å². The van der Waals surface area contributed by atoms with Crippen LogP contribution in [0.5, 0.6) is 0 Å². The van der Waals surface area contributed by atoms with Crippen LogP contribution in [0, 0.1) is 5.92 Å². The molecular weight excluding hydrogens is 154 g/mol. The van der Waals surface area contributed by atoms with Crippen molar-refractivity contribution < 1.29 is 9.53 Å². The zero-order valence-corrected chi connectivity index (χ0v) is 8.04. The van der Waals surface area contributed by atoms with Gasteiger partial charge in [-0.2, -0.15) is 0 Å². The quantitative estimate of drug-likeness (QED) is 0.549. The first-order chi connectivity index (χ1) is 5.66. The van der Waals surface area contributed by atoms with Gasteiger partial charge in [-0.3, -0.25) is 9.69 Å². The van der Waals surface area contributed by atoms with E-state index in [1.165, 1.54) is 13.5 Å². The Morgan fingerprint density at radius 1 is 1.58 bits per heavy atom. The Balaban J connectivity index is 2.62. The monoisotopic (exact) mass is 171 g/mol. The molecule has 0 bridgehead atoms. The highest BCUT2D eigenvalue weighted by molar-refractivity contribution is 5.76. The summed E-state index contributed by atoms with van der Waals surface area (Å²) >= 11 is 0. The van der Waals surface area contributed by atoms with Crippen molar-refractivity contribution in [2.75, 3.05) is 20.7 Å². The summed E-state index contributed by atoms with van der Waals surface area (Å²) in [5.74, 6) is 0.334. The largest absolute Gasteiger partial charge is 0.468 e. The number of carbonyl (C=O) groups excluding carboxylic acids is 1. The molecule has 1 heterocycles. The first-order valence-corrected chi connectivity index (χ1v) is 4.45. The summed E-state index contributed by atoms with van der Waals surface area (Å²) < 4.78 is 4.75. The van der Waals surface area contributed by atoms with E-state index in [1.807, 2.05) is 7.05 Å². The smallest absolute Gasteiger partial charge is 0.323 e. The molecule has 1 fully saturated rings. The minimum atomic E-state index is -0.0929. The molecule has 0 N–H and O–H groups in total. The van der Waals surface area contributed by atoms with Gasteiger partial charge in [0.2, 0.25) is 0 Å². The fraction of sp³-hybridized carbons (Fsp3) is 0.889. The molecule has 0 aromatic heterocycles. The fourth-order valence-electron chi connectivity index (χ4n) is 1.93. The molecule has 0 aliphatic carbocycles. The maximum absolute atomic E-state index is 11.3.